The molecule has 0 unspecified atom stereocenters. The van der Waals surface area contributed by atoms with Crippen LogP contribution in [0.2, 0.25) is 0 Å². The summed E-state index contributed by atoms with van der Waals surface area (Å²) in [4.78, 5) is 13.9. The lowest BCUT2D eigenvalue weighted by molar-refractivity contribution is -0.196. The molecule has 1 heterocycles. The zero-order valence-electron chi connectivity index (χ0n) is 27.3. The Morgan fingerprint density at radius 3 is 1.53 bits per heavy atom. The van der Waals surface area contributed by atoms with Crippen molar-refractivity contribution in [3.8, 4) is 0 Å². The molecule has 1 saturated heterocycles. The van der Waals surface area contributed by atoms with Gasteiger partial charge in [0.05, 0.1) is 39.1 Å². The van der Waals surface area contributed by atoms with Crippen molar-refractivity contribution >= 4 is 5.91 Å². The van der Waals surface area contributed by atoms with Gasteiger partial charge < -0.3 is 24.3 Å². The number of piperidine rings is 1. The Kier molecular flexibility index (Phi) is 14.0. The van der Waals surface area contributed by atoms with Crippen LogP contribution in [-0.4, -0.2) is 49.5 Å². The second-order valence-electron chi connectivity index (χ2n) is 12.0. The summed E-state index contributed by atoms with van der Waals surface area (Å²) in [5.41, 5.74) is 4.19. The van der Waals surface area contributed by atoms with E-state index in [9.17, 15) is 4.79 Å². The second-order valence-corrected chi connectivity index (χ2v) is 12.0. The molecule has 248 valence electrons. The summed E-state index contributed by atoms with van der Waals surface area (Å²) in [7, 11) is 0. The van der Waals surface area contributed by atoms with Gasteiger partial charge in [0, 0.05) is 6.54 Å². The van der Waals surface area contributed by atoms with Gasteiger partial charge in [-0.3, -0.25) is 10.1 Å². The summed E-state index contributed by atoms with van der Waals surface area (Å²) in [6, 6.07) is 39.3. The monoisotopic (exact) mass is 636 g/mol. The molecule has 0 spiro atoms. The summed E-state index contributed by atoms with van der Waals surface area (Å²) in [6.45, 7) is 4.60. The number of unbranched alkanes of at least 4 members (excludes halogenated alkanes) is 2. The van der Waals surface area contributed by atoms with Crippen LogP contribution in [0.15, 0.2) is 121 Å². The summed E-state index contributed by atoms with van der Waals surface area (Å²) >= 11 is 0. The van der Waals surface area contributed by atoms with Gasteiger partial charge in [0.2, 0.25) is 5.91 Å². The molecule has 47 heavy (non-hydrogen) atoms. The number of carbonyl (C=O) groups excluding carboxylic acids is 1. The Balaban J connectivity index is 1.44. The van der Waals surface area contributed by atoms with Crippen molar-refractivity contribution in [1.29, 1.82) is 0 Å². The summed E-state index contributed by atoms with van der Waals surface area (Å²) in [5, 5.41) is 6.78. The maximum atomic E-state index is 13.9. The average Bonchev–Trinajstić information content (AvgIpc) is 3.12. The largest absolute Gasteiger partial charge is 0.375 e. The Morgan fingerprint density at radius 1 is 0.596 bits per heavy atom. The Labute approximate surface area is 279 Å². The highest BCUT2D eigenvalue weighted by Gasteiger charge is 2.49. The first-order chi connectivity index (χ1) is 23.2. The summed E-state index contributed by atoms with van der Waals surface area (Å²) < 4.78 is 26.4. The predicted molar refractivity (Wildman–Crippen MR) is 184 cm³/mol. The van der Waals surface area contributed by atoms with E-state index < -0.39 is 24.4 Å². The minimum absolute atomic E-state index is 0.109. The van der Waals surface area contributed by atoms with E-state index in [0.29, 0.717) is 39.6 Å². The highest BCUT2D eigenvalue weighted by Crippen LogP contribution is 2.28. The molecule has 4 aromatic rings. The lowest BCUT2D eigenvalue weighted by Gasteiger charge is -2.46. The van der Waals surface area contributed by atoms with Gasteiger partial charge in [0.25, 0.3) is 0 Å². The summed E-state index contributed by atoms with van der Waals surface area (Å²) in [5.74, 6) is -0.109. The number of carbonyl (C=O) groups is 1. The predicted octanol–water partition coefficient (Wildman–Crippen LogP) is 6.61. The third-order valence-corrected chi connectivity index (χ3v) is 8.39. The van der Waals surface area contributed by atoms with Crippen LogP contribution >= 0.6 is 0 Å². The zero-order valence-corrected chi connectivity index (χ0v) is 27.3. The molecule has 1 aliphatic heterocycles. The molecule has 5 rings (SSSR count). The molecule has 7 heteroatoms. The number of nitrogens with one attached hydrogen (secondary N) is 2. The molecular formula is C40H48N2O5. The highest BCUT2D eigenvalue weighted by atomic mass is 16.6. The van der Waals surface area contributed by atoms with E-state index in [1.807, 2.05) is 121 Å². The normalized spacial score (nSPS) is 20.9. The molecule has 0 aliphatic carbocycles. The fourth-order valence-electron chi connectivity index (χ4n) is 5.86. The number of hydrogen-bond donors (Lipinski definition) is 2. The van der Waals surface area contributed by atoms with Crippen molar-refractivity contribution in [3.63, 3.8) is 0 Å². The average molecular weight is 637 g/mol. The van der Waals surface area contributed by atoms with Crippen molar-refractivity contribution in [2.45, 2.75) is 83.0 Å². The lowest BCUT2D eigenvalue weighted by atomic mass is 9.89. The van der Waals surface area contributed by atoms with Crippen LogP contribution in [-0.2, 0) is 50.2 Å². The fourth-order valence-corrected chi connectivity index (χ4v) is 5.86. The van der Waals surface area contributed by atoms with Gasteiger partial charge in [0.1, 0.15) is 24.4 Å². The zero-order chi connectivity index (χ0) is 32.5. The van der Waals surface area contributed by atoms with E-state index in [0.717, 1.165) is 41.5 Å². The fraction of sp³-hybridized carbons (Fsp3) is 0.375. The molecule has 5 atom stereocenters. The quantitative estimate of drug-likeness (QED) is 0.120. The van der Waals surface area contributed by atoms with E-state index >= 15 is 0 Å². The van der Waals surface area contributed by atoms with Gasteiger partial charge in [-0.05, 0) is 28.7 Å². The number of amides is 1. The molecule has 0 radical (unpaired) electrons. The second kappa shape index (κ2) is 19.1. The third-order valence-electron chi connectivity index (χ3n) is 8.39. The number of rotatable bonds is 18. The van der Waals surface area contributed by atoms with Crippen molar-refractivity contribution in [3.05, 3.63) is 144 Å². The van der Waals surface area contributed by atoms with Crippen LogP contribution in [0.3, 0.4) is 0 Å². The van der Waals surface area contributed by atoms with Crippen LogP contribution in [0.25, 0.3) is 0 Å². The maximum absolute atomic E-state index is 13.9. The molecular weight excluding hydrogens is 588 g/mol. The molecule has 1 fully saturated rings. The van der Waals surface area contributed by atoms with E-state index in [-0.39, 0.29) is 11.9 Å². The molecule has 2 N–H and O–H groups in total. The van der Waals surface area contributed by atoms with Gasteiger partial charge >= 0.3 is 0 Å². The molecule has 1 aliphatic rings. The van der Waals surface area contributed by atoms with Crippen LogP contribution in [0.1, 0.15) is 48.4 Å². The van der Waals surface area contributed by atoms with Crippen molar-refractivity contribution in [1.82, 2.24) is 10.6 Å². The third kappa shape index (κ3) is 10.8. The van der Waals surface area contributed by atoms with Crippen LogP contribution < -0.4 is 10.6 Å². The van der Waals surface area contributed by atoms with Gasteiger partial charge in [-0.25, -0.2) is 0 Å². The molecule has 0 bridgehead atoms. The number of ether oxygens (including phenoxy) is 4. The first-order valence-corrected chi connectivity index (χ1v) is 16.8. The SMILES string of the molecule is CCCCCNC(=O)[C@H]1N[C@@H](COCc2ccccc2)[C@@H](OCc2ccccc2)[C@H](OCc2ccccc2)[C@H]1OCc1ccccc1. The number of benzene rings is 4. The van der Waals surface area contributed by atoms with Gasteiger partial charge in [-0.2, -0.15) is 0 Å². The minimum Gasteiger partial charge on any atom is -0.375 e. The first-order valence-electron chi connectivity index (χ1n) is 16.8. The van der Waals surface area contributed by atoms with Crippen LogP contribution in [0, 0.1) is 0 Å². The topological polar surface area (TPSA) is 78.1 Å². The van der Waals surface area contributed by atoms with Crippen LogP contribution in [0.4, 0.5) is 0 Å². The minimum atomic E-state index is -0.678. The Bertz CT molecular complexity index is 1420. The Hall–Kier alpha value is -3.85. The van der Waals surface area contributed by atoms with E-state index in [4.69, 9.17) is 18.9 Å². The molecule has 0 saturated carbocycles. The smallest absolute Gasteiger partial charge is 0.239 e. The van der Waals surface area contributed by atoms with Crippen molar-refractivity contribution < 1.29 is 23.7 Å². The molecule has 7 nitrogen and oxygen atoms in total. The van der Waals surface area contributed by atoms with E-state index in [1.54, 1.807) is 0 Å². The van der Waals surface area contributed by atoms with Crippen molar-refractivity contribution in [2.24, 2.45) is 0 Å². The van der Waals surface area contributed by atoms with Gasteiger partial charge in [-0.15, -0.1) is 0 Å². The van der Waals surface area contributed by atoms with Gasteiger partial charge in [0.15, 0.2) is 0 Å². The molecule has 4 aromatic carbocycles. The standard InChI is InChI=1S/C40H48N2O5/c1-2-3-16-25-41-40(43)36-38(46-28-33-21-12-6-13-22-33)39(47-29-34-23-14-7-15-24-34)37(45-27-32-19-10-5-11-20-32)35(42-36)30-44-26-31-17-8-4-9-18-31/h4-15,17-24,35-39,42H,2-3,16,25-30H2,1H3,(H,41,43)/t35-,36-,37+,38-,39-/m0/s1. The van der Waals surface area contributed by atoms with E-state index in [2.05, 4.69) is 17.6 Å². The molecule has 1 amide bonds. The lowest BCUT2D eigenvalue weighted by Crippen LogP contribution is -2.71. The summed E-state index contributed by atoms with van der Waals surface area (Å²) in [6.07, 6.45) is 1.39. The maximum Gasteiger partial charge on any atom is 0.239 e. The Morgan fingerprint density at radius 2 is 1.04 bits per heavy atom. The molecule has 0 aromatic heterocycles. The first kappa shape index (κ1) is 34.5. The number of hydrogen-bond acceptors (Lipinski definition) is 6. The van der Waals surface area contributed by atoms with Crippen molar-refractivity contribution in [2.75, 3.05) is 13.2 Å². The van der Waals surface area contributed by atoms with Crippen LogP contribution in [0.5, 0.6) is 0 Å². The highest BCUT2D eigenvalue weighted by molar-refractivity contribution is 5.82. The van der Waals surface area contributed by atoms with Gasteiger partial charge in [-0.1, -0.05) is 141 Å². The van der Waals surface area contributed by atoms with E-state index in [1.165, 1.54) is 0 Å².